The Labute approximate surface area is 190 Å². The van der Waals surface area contributed by atoms with Crippen LogP contribution in [0.3, 0.4) is 0 Å². The van der Waals surface area contributed by atoms with Gasteiger partial charge in [0, 0.05) is 30.3 Å². The number of carbonyl (C=O) groups excluding carboxylic acids is 3. The van der Waals surface area contributed by atoms with Crippen LogP contribution < -0.4 is 5.32 Å². The maximum atomic E-state index is 12.6. The molecule has 2 aromatic carbocycles. The number of benzene rings is 2. The molecule has 1 fully saturated rings. The van der Waals surface area contributed by atoms with Gasteiger partial charge in [0.25, 0.3) is 5.91 Å². The summed E-state index contributed by atoms with van der Waals surface area (Å²) in [7, 11) is 0. The molecule has 1 aromatic heterocycles. The molecular formula is C25H24N2O4S. The summed E-state index contributed by atoms with van der Waals surface area (Å²) in [5.41, 5.74) is 2.51. The monoisotopic (exact) mass is 448 g/mol. The second-order valence-electron chi connectivity index (χ2n) is 7.62. The van der Waals surface area contributed by atoms with E-state index in [1.165, 1.54) is 11.3 Å². The summed E-state index contributed by atoms with van der Waals surface area (Å²) in [6, 6.07) is 20.8. The molecule has 164 valence electrons. The average molecular weight is 449 g/mol. The van der Waals surface area contributed by atoms with Gasteiger partial charge in [-0.05, 0) is 42.0 Å². The Morgan fingerprint density at radius 2 is 1.59 bits per heavy atom. The van der Waals surface area contributed by atoms with E-state index < -0.39 is 5.97 Å². The zero-order valence-electron chi connectivity index (χ0n) is 17.5. The van der Waals surface area contributed by atoms with E-state index in [9.17, 15) is 14.4 Å². The van der Waals surface area contributed by atoms with Crippen molar-refractivity contribution in [2.24, 2.45) is 5.92 Å². The van der Waals surface area contributed by atoms with E-state index in [2.05, 4.69) is 5.32 Å². The van der Waals surface area contributed by atoms with Crippen LogP contribution in [0.15, 0.2) is 72.1 Å². The van der Waals surface area contributed by atoms with Crippen molar-refractivity contribution >= 4 is 34.8 Å². The summed E-state index contributed by atoms with van der Waals surface area (Å²) < 4.78 is 5.32. The summed E-state index contributed by atoms with van der Waals surface area (Å²) in [6.07, 6.45) is 1.17. The number of anilines is 1. The zero-order chi connectivity index (χ0) is 22.3. The number of likely N-dealkylation sites (tertiary alicyclic amines) is 1. The second kappa shape index (κ2) is 10.2. The fraction of sp³-hybridized carbons (Fsp3) is 0.240. The number of hydrogen-bond acceptors (Lipinski definition) is 5. The van der Waals surface area contributed by atoms with Crippen LogP contribution in [0.4, 0.5) is 5.69 Å². The highest BCUT2D eigenvalue weighted by Gasteiger charge is 2.28. The fourth-order valence-corrected chi connectivity index (χ4v) is 4.56. The number of rotatable bonds is 6. The highest BCUT2D eigenvalue weighted by Crippen LogP contribution is 2.29. The molecule has 32 heavy (non-hydrogen) atoms. The molecule has 7 heteroatoms. The molecule has 0 spiro atoms. The van der Waals surface area contributed by atoms with Crippen molar-refractivity contribution in [3.05, 3.63) is 77.0 Å². The SMILES string of the molecule is O=C(OCC(=O)N1CCC(C(=O)Nc2ccccc2)CC1)c1sccc1-c1ccccc1. The van der Waals surface area contributed by atoms with Gasteiger partial charge in [-0.1, -0.05) is 48.5 Å². The van der Waals surface area contributed by atoms with Crippen LogP contribution in [0.1, 0.15) is 22.5 Å². The Kier molecular flexibility index (Phi) is 6.97. The molecule has 0 unspecified atom stereocenters. The molecule has 1 aliphatic rings. The molecule has 0 bridgehead atoms. The number of ether oxygens (including phenoxy) is 1. The number of esters is 1. The lowest BCUT2D eigenvalue weighted by molar-refractivity contribution is -0.137. The van der Waals surface area contributed by atoms with Gasteiger partial charge < -0.3 is 15.0 Å². The standard InChI is InChI=1S/C25H24N2O4S/c28-22(17-31-25(30)23-21(13-16-32-23)18-7-3-1-4-8-18)27-14-11-19(12-15-27)24(29)26-20-9-5-2-6-10-20/h1-10,13,16,19H,11-12,14-15,17H2,(H,26,29). The molecule has 0 aliphatic carbocycles. The van der Waals surface area contributed by atoms with Crippen LogP contribution in [-0.4, -0.2) is 42.4 Å². The van der Waals surface area contributed by atoms with Gasteiger partial charge in [-0.2, -0.15) is 0 Å². The third-order valence-corrected chi connectivity index (χ3v) is 6.42. The predicted molar refractivity (Wildman–Crippen MR) is 124 cm³/mol. The van der Waals surface area contributed by atoms with E-state index in [1.807, 2.05) is 72.1 Å². The normalized spacial score (nSPS) is 14.1. The van der Waals surface area contributed by atoms with E-state index in [-0.39, 0.29) is 24.3 Å². The van der Waals surface area contributed by atoms with Gasteiger partial charge in [0.15, 0.2) is 6.61 Å². The highest BCUT2D eigenvalue weighted by molar-refractivity contribution is 7.12. The molecule has 1 N–H and O–H groups in total. The van der Waals surface area contributed by atoms with Crippen LogP contribution in [0, 0.1) is 5.92 Å². The summed E-state index contributed by atoms with van der Waals surface area (Å²) in [6.45, 7) is 0.640. The Hall–Kier alpha value is -3.45. The summed E-state index contributed by atoms with van der Waals surface area (Å²) in [4.78, 5) is 39.7. The fourth-order valence-electron chi connectivity index (χ4n) is 3.75. The number of para-hydroxylation sites is 1. The quantitative estimate of drug-likeness (QED) is 0.566. The van der Waals surface area contributed by atoms with E-state index in [4.69, 9.17) is 4.74 Å². The number of piperidine rings is 1. The largest absolute Gasteiger partial charge is 0.451 e. The van der Waals surface area contributed by atoms with Crippen LogP contribution >= 0.6 is 11.3 Å². The summed E-state index contributed by atoms with van der Waals surface area (Å²) >= 11 is 1.30. The molecular weight excluding hydrogens is 424 g/mol. The molecule has 2 amide bonds. The Morgan fingerprint density at radius 1 is 0.938 bits per heavy atom. The molecule has 0 radical (unpaired) electrons. The van der Waals surface area contributed by atoms with Gasteiger partial charge >= 0.3 is 5.97 Å². The lowest BCUT2D eigenvalue weighted by Crippen LogP contribution is -2.43. The first-order chi connectivity index (χ1) is 15.6. The van der Waals surface area contributed by atoms with Gasteiger partial charge in [-0.15, -0.1) is 11.3 Å². The smallest absolute Gasteiger partial charge is 0.349 e. The minimum Gasteiger partial charge on any atom is -0.451 e. The molecule has 2 heterocycles. The Morgan fingerprint density at radius 3 is 2.28 bits per heavy atom. The zero-order valence-corrected chi connectivity index (χ0v) is 18.3. The third-order valence-electron chi connectivity index (χ3n) is 5.52. The van der Waals surface area contributed by atoms with Crippen molar-refractivity contribution in [2.45, 2.75) is 12.8 Å². The van der Waals surface area contributed by atoms with E-state index >= 15 is 0 Å². The molecule has 3 aromatic rings. The number of carbonyl (C=O) groups is 3. The van der Waals surface area contributed by atoms with Crippen LogP contribution in [0.5, 0.6) is 0 Å². The van der Waals surface area contributed by atoms with Crippen molar-refractivity contribution in [1.82, 2.24) is 4.90 Å². The minimum absolute atomic E-state index is 0.0270. The number of thiophene rings is 1. The van der Waals surface area contributed by atoms with Gasteiger partial charge in [-0.3, -0.25) is 9.59 Å². The maximum absolute atomic E-state index is 12.6. The molecule has 4 rings (SSSR count). The van der Waals surface area contributed by atoms with Gasteiger partial charge in [0.1, 0.15) is 4.88 Å². The van der Waals surface area contributed by atoms with Gasteiger partial charge in [-0.25, -0.2) is 4.79 Å². The lowest BCUT2D eigenvalue weighted by Gasteiger charge is -2.31. The Balaban J connectivity index is 1.26. The maximum Gasteiger partial charge on any atom is 0.349 e. The van der Waals surface area contributed by atoms with Crippen molar-refractivity contribution in [3.63, 3.8) is 0 Å². The number of nitrogens with zero attached hydrogens (tertiary/aromatic N) is 1. The number of nitrogens with one attached hydrogen (secondary N) is 1. The number of hydrogen-bond donors (Lipinski definition) is 1. The summed E-state index contributed by atoms with van der Waals surface area (Å²) in [5, 5.41) is 4.76. The third kappa shape index (κ3) is 5.23. The number of amides is 2. The first-order valence-electron chi connectivity index (χ1n) is 10.6. The lowest BCUT2D eigenvalue weighted by atomic mass is 9.95. The van der Waals surface area contributed by atoms with Crippen molar-refractivity contribution in [1.29, 1.82) is 0 Å². The van der Waals surface area contributed by atoms with Gasteiger partial charge in [0.2, 0.25) is 5.91 Å². The average Bonchev–Trinajstić information content (AvgIpc) is 3.34. The van der Waals surface area contributed by atoms with Crippen molar-refractivity contribution in [2.75, 3.05) is 25.0 Å². The Bertz CT molecular complexity index is 1070. The first kappa shape index (κ1) is 21.8. The molecule has 1 saturated heterocycles. The first-order valence-corrected chi connectivity index (χ1v) is 11.4. The van der Waals surface area contributed by atoms with Crippen LogP contribution in [-0.2, 0) is 14.3 Å². The summed E-state index contributed by atoms with van der Waals surface area (Å²) in [5.74, 6) is -0.898. The van der Waals surface area contributed by atoms with E-state index in [0.717, 1.165) is 16.8 Å². The topological polar surface area (TPSA) is 75.7 Å². The van der Waals surface area contributed by atoms with Crippen molar-refractivity contribution < 1.29 is 19.1 Å². The van der Waals surface area contributed by atoms with Crippen LogP contribution in [0.2, 0.25) is 0 Å². The minimum atomic E-state index is -0.496. The van der Waals surface area contributed by atoms with Crippen LogP contribution in [0.25, 0.3) is 11.1 Å². The van der Waals surface area contributed by atoms with E-state index in [1.54, 1.807) is 4.90 Å². The van der Waals surface area contributed by atoms with Gasteiger partial charge in [0.05, 0.1) is 0 Å². The second-order valence-corrected chi connectivity index (χ2v) is 8.53. The van der Waals surface area contributed by atoms with Crippen molar-refractivity contribution in [3.8, 4) is 11.1 Å². The van der Waals surface area contributed by atoms with E-state index in [0.29, 0.717) is 30.8 Å². The molecule has 6 nitrogen and oxygen atoms in total. The molecule has 0 saturated carbocycles. The predicted octanol–water partition coefficient (Wildman–Crippen LogP) is 4.45. The molecule has 1 aliphatic heterocycles. The molecule has 0 atom stereocenters. The highest BCUT2D eigenvalue weighted by atomic mass is 32.1.